The van der Waals surface area contributed by atoms with Gasteiger partial charge >= 0.3 is 0 Å². The Kier molecular flexibility index (Phi) is 4.35. The van der Waals surface area contributed by atoms with Crippen molar-refractivity contribution in [1.82, 2.24) is 14.9 Å². The Balaban J connectivity index is 1.83. The molecule has 0 spiro atoms. The average Bonchev–Trinajstić information content (AvgIpc) is 2.97. The molecule has 112 valence electrons. The molecule has 0 radical (unpaired) electrons. The summed E-state index contributed by atoms with van der Waals surface area (Å²) < 4.78 is 2.07. The molecule has 3 rings (SSSR count). The van der Waals surface area contributed by atoms with E-state index in [1.165, 1.54) is 16.7 Å². The summed E-state index contributed by atoms with van der Waals surface area (Å²) in [6.07, 6.45) is 3.83. The first-order valence-electron chi connectivity index (χ1n) is 7.55. The lowest BCUT2D eigenvalue weighted by Crippen LogP contribution is -2.24. The molecule has 0 aliphatic carbocycles. The van der Waals surface area contributed by atoms with E-state index in [-0.39, 0.29) is 6.04 Å². The third-order valence-electron chi connectivity index (χ3n) is 3.88. The summed E-state index contributed by atoms with van der Waals surface area (Å²) >= 11 is 0. The van der Waals surface area contributed by atoms with Crippen molar-refractivity contribution in [2.75, 3.05) is 0 Å². The minimum absolute atomic E-state index is 0.0857. The summed E-state index contributed by atoms with van der Waals surface area (Å²) in [6.45, 7) is 2.92. The normalized spacial score (nSPS) is 12.3. The van der Waals surface area contributed by atoms with Gasteiger partial charge in [0.15, 0.2) is 0 Å². The summed E-state index contributed by atoms with van der Waals surface area (Å²) in [4.78, 5) is 4.52. The van der Waals surface area contributed by atoms with Gasteiger partial charge in [-0.25, -0.2) is 4.98 Å². The van der Waals surface area contributed by atoms with Gasteiger partial charge in [-0.2, -0.15) is 0 Å². The van der Waals surface area contributed by atoms with E-state index >= 15 is 0 Å². The van der Waals surface area contributed by atoms with Crippen LogP contribution in [0.15, 0.2) is 67.0 Å². The van der Waals surface area contributed by atoms with Crippen molar-refractivity contribution in [3.05, 3.63) is 89.5 Å². The molecule has 1 unspecified atom stereocenters. The first-order chi connectivity index (χ1) is 10.7. The number of rotatable bonds is 5. The Bertz CT molecular complexity index is 714. The van der Waals surface area contributed by atoms with Crippen LogP contribution in [0.1, 0.15) is 28.6 Å². The molecule has 0 aliphatic rings. The molecule has 0 amide bonds. The van der Waals surface area contributed by atoms with Crippen LogP contribution in [-0.2, 0) is 13.6 Å². The van der Waals surface area contributed by atoms with Gasteiger partial charge in [-0.15, -0.1) is 0 Å². The standard InChI is InChI=1S/C19H21N3/c1-15-8-10-16(11-9-15)14-21-18(17-6-4-3-5-7-17)19-20-12-13-22(19)2/h3-13,18,21H,14H2,1-2H3. The molecular weight excluding hydrogens is 270 g/mol. The van der Waals surface area contributed by atoms with Gasteiger partial charge in [0.1, 0.15) is 5.82 Å². The summed E-state index contributed by atoms with van der Waals surface area (Å²) in [5.74, 6) is 1.03. The van der Waals surface area contributed by atoms with Crippen molar-refractivity contribution in [1.29, 1.82) is 0 Å². The lowest BCUT2D eigenvalue weighted by atomic mass is 10.1. The van der Waals surface area contributed by atoms with E-state index in [0.29, 0.717) is 0 Å². The van der Waals surface area contributed by atoms with Crippen LogP contribution >= 0.6 is 0 Å². The first kappa shape index (κ1) is 14.5. The summed E-state index contributed by atoms with van der Waals surface area (Å²) in [5.41, 5.74) is 3.79. The van der Waals surface area contributed by atoms with Crippen LogP contribution < -0.4 is 5.32 Å². The second-order valence-corrected chi connectivity index (χ2v) is 5.61. The Morgan fingerprint density at radius 2 is 1.77 bits per heavy atom. The molecule has 0 saturated carbocycles. The van der Waals surface area contributed by atoms with Gasteiger partial charge in [0, 0.05) is 26.0 Å². The number of aromatic nitrogens is 2. The third kappa shape index (κ3) is 3.26. The molecule has 2 aromatic carbocycles. The van der Waals surface area contributed by atoms with Gasteiger partial charge in [0.2, 0.25) is 0 Å². The highest BCUT2D eigenvalue weighted by atomic mass is 15.1. The minimum atomic E-state index is 0.0857. The van der Waals surface area contributed by atoms with Crippen molar-refractivity contribution >= 4 is 0 Å². The maximum absolute atomic E-state index is 4.52. The fraction of sp³-hybridized carbons (Fsp3) is 0.211. The third-order valence-corrected chi connectivity index (χ3v) is 3.88. The number of benzene rings is 2. The van der Waals surface area contributed by atoms with E-state index in [1.807, 2.05) is 25.5 Å². The largest absolute Gasteiger partial charge is 0.336 e. The van der Waals surface area contributed by atoms with E-state index in [0.717, 1.165) is 12.4 Å². The molecule has 22 heavy (non-hydrogen) atoms. The summed E-state index contributed by atoms with van der Waals surface area (Å²) in [5, 5.41) is 3.63. The molecule has 1 atom stereocenters. The predicted molar refractivity (Wildman–Crippen MR) is 89.5 cm³/mol. The molecule has 0 aliphatic heterocycles. The zero-order valence-corrected chi connectivity index (χ0v) is 13.0. The van der Waals surface area contributed by atoms with Gasteiger partial charge < -0.3 is 4.57 Å². The number of nitrogens with zero attached hydrogens (tertiary/aromatic N) is 2. The minimum Gasteiger partial charge on any atom is -0.336 e. The van der Waals surface area contributed by atoms with Crippen molar-refractivity contribution in [3.8, 4) is 0 Å². The second-order valence-electron chi connectivity index (χ2n) is 5.61. The summed E-state index contributed by atoms with van der Waals surface area (Å²) in [6, 6.07) is 19.2. The molecule has 3 nitrogen and oxygen atoms in total. The van der Waals surface area contributed by atoms with Crippen molar-refractivity contribution < 1.29 is 0 Å². The van der Waals surface area contributed by atoms with Gasteiger partial charge in [-0.05, 0) is 18.1 Å². The molecule has 3 heteroatoms. The van der Waals surface area contributed by atoms with Crippen molar-refractivity contribution in [3.63, 3.8) is 0 Å². The van der Waals surface area contributed by atoms with Crippen LogP contribution in [0.2, 0.25) is 0 Å². The molecule has 3 aromatic rings. The van der Waals surface area contributed by atoms with Crippen LogP contribution in [0.4, 0.5) is 0 Å². The van der Waals surface area contributed by atoms with E-state index in [9.17, 15) is 0 Å². The van der Waals surface area contributed by atoms with Gasteiger partial charge in [0.05, 0.1) is 6.04 Å². The van der Waals surface area contributed by atoms with Crippen molar-refractivity contribution in [2.45, 2.75) is 19.5 Å². The van der Waals surface area contributed by atoms with Crippen LogP contribution in [0.5, 0.6) is 0 Å². The maximum Gasteiger partial charge on any atom is 0.130 e. The Morgan fingerprint density at radius 1 is 1.05 bits per heavy atom. The summed E-state index contributed by atoms with van der Waals surface area (Å²) in [7, 11) is 2.03. The topological polar surface area (TPSA) is 29.9 Å². The maximum atomic E-state index is 4.52. The van der Waals surface area contributed by atoms with Gasteiger partial charge in [0.25, 0.3) is 0 Å². The molecule has 1 aromatic heterocycles. The quantitative estimate of drug-likeness (QED) is 0.778. The molecule has 0 bridgehead atoms. The van der Waals surface area contributed by atoms with Gasteiger partial charge in [-0.1, -0.05) is 60.2 Å². The number of imidazole rings is 1. The predicted octanol–water partition coefficient (Wildman–Crippen LogP) is 3.61. The van der Waals surface area contributed by atoms with E-state index in [1.54, 1.807) is 0 Å². The molecule has 1 N–H and O–H groups in total. The van der Waals surface area contributed by atoms with Crippen LogP contribution in [-0.4, -0.2) is 9.55 Å². The highest BCUT2D eigenvalue weighted by Crippen LogP contribution is 2.20. The zero-order valence-electron chi connectivity index (χ0n) is 13.0. The van der Waals surface area contributed by atoms with Gasteiger partial charge in [-0.3, -0.25) is 5.32 Å². The average molecular weight is 291 g/mol. The monoisotopic (exact) mass is 291 g/mol. The van der Waals surface area contributed by atoms with Crippen molar-refractivity contribution in [2.24, 2.45) is 7.05 Å². The highest BCUT2D eigenvalue weighted by Gasteiger charge is 2.17. The molecule has 0 fully saturated rings. The highest BCUT2D eigenvalue weighted by molar-refractivity contribution is 5.26. The van der Waals surface area contributed by atoms with Crippen LogP contribution in [0, 0.1) is 6.92 Å². The number of hydrogen-bond donors (Lipinski definition) is 1. The van der Waals surface area contributed by atoms with E-state index < -0.39 is 0 Å². The zero-order chi connectivity index (χ0) is 15.4. The molecule has 0 saturated heterocycles. The lowest BCUT2D eigenvalue weighted by molar-refractivity contribution is 0.558. The Labute approximate surface area is 131 Å². The number of aryl methyl sites for hydroxylation is 2. The van der Waals surface area contributed by atoms with E-state index in [2.05, 4.69) is 70.3 Å². The van der Waals surface area contributed by atoms with Crippen LogP contribution in [0.25, 0.3) is 0 Å². The smallest absolute Gasteiger partial charge is 0.130 e. The fourth-order valence-electron chi connectivity index (χ4n) is 2.58. The fourth-order valence-corrected chi connectivity index (χ4v) is 2.58. The van der Waals surface area contributed by atoms with Crippen LogP contribution in [0.3, 0.4) is 0 Å². The van der Waals surface area contributed by atoms with E-state index in [4.69, 9.17) is 0 Å². The number of nitrogens with one attached hydrogen (secondary N) is 1. The Morgan fingerprint density at radius 3 is 2.41 bits per heavy atom. The SMILES string of the molecule is Cc1ccc(CNC(c2ccccc2)c2nccn2C)cc1. The Hall–Kier alpha value is -2.39. The molecular formula is C19H21N3. The first-order valence-corrected chi connectivity index (χ1v) is 7.55. The lowest BCUT2D eigenvalue weighted by Gasteiger charge is -2.19. The molecule has 1 heterocycles. The second kappa shape index (κ2) is 6.58. The number of hydrogen-bond acceptors (Lipinski definition) is 2.